The van der Waals surface area contributed by atoms with E-state index in [2.05, 4.69) is 26.0 Å². The molecule has 34 heavy (non-hydrogen) atoms. The van der Waals surface area contributed by atoms with Crippen LogP contribution in [-0.2, 0) is 0 Å². The zero-order valence-electron chi connectivity index (χ0n) is 18.7. The highest BCUT2D eigenvalue weighted by Crippen LogP contribution is 2.44. The molecule has 180 valence electrons. The highest BCUT2D eigenvalue weighted by atomic mass is 19.3. The second-order valence-corrected chi connectivity index (χ2v) is 9.17. The minimum absolute atomic E-state index is 0.174. The minimum atomic E-state index is -2.74. The molecule has 2 aliphatic carbocycles. The number of hydrogen-bond donors (Lipinski definition) is 4. The molecule has 4 N–H and O–H groups in total. The van der Waals surface area contributed by atoms with Crippen molar-refractivity contribution in [2.45, 2.75) is 56.2 Å². The summed E-state index contributed by atoms with van der Waals surface area (Å²) < 4.78 is 29.4. The molecule has 0 aliphatic heterocycles. The van der Waals surface area contributed by atoms with Gasteiger partial charge in [-0.25, -0.2) is 13.8 Å². The first-order valence-electron chi connectivity index (χ1n) is 11.0. The lowest BCUT2D eigenvalue weighted by atomic mass is 9.76. The molecule has 0 aromatic carbocycles. The highest BCUT2D eigenvalue weighted by molar-refractivity contribution is 6.00. The lowest BCUT2D eigenvalue weighted by Crippen LogP contribution is -2.58. The van der Waals surface area contributed by atoms with Crippen LogP contribution in [0.3, 0.4) is 0 Å². The molecule has 0 bridgehead atoms. The number of carbonyl (C=O) groups excluding carboxylic acids is 1. The molecule has 2 atom stereocenters. The van der Waals surface area contributed by atoms with Crippen LogP contribution in [0.4, 0.5) is 26.1 Å². The van der Waals surface area contributed by atoms with Crippen LogP contribution in [0.5, 0.6) is 0 Å². The number of nitrogens with zero attached hydrogens (tertiary/aromatic N) is 4. The van der Waals surface area contributed by atoms with Crippen LogP contribution in [0.25, 0.3) is 5.65 Å². The van der Waals surface area contributed by atoms with E-state index in [9.17, 15) is 23.5 Å². The van der Waals surface area contributed by atoms with E-state index in [4.69, 9.17) is 0 Å². The number of anilines is 3. The van der Waals surface area contributed by atoms with Crippen molar-refractivity contribution in [2.24, 2.45) is 0 Å². The lowest BCUT2D eigenvalue weighted by molar-refractivity contribution is -0.104. The number of carbonyl (C=O) groups is 1. The normalized spacial score (nSPS) is 23.7. The van der Waals surface area contributed by atoms with Crippen LogP contribution in [-0.4, -0.2) is 54.8 Å². The summed E-state index contributed by atoms with van der Waals surface area (Å²) in [5.74, 6) is -2.37. The van der Waals surface area contributed by atoms with Gasteiger partial charge in [-0.3, -0.25) is 9.59 Å². The average Bonchev–Trinajstić information content (AvgIpc) is 3.20. The third-order valence-corrected chi connectivity index (χ3v) is 6.67. The summed E-state index contributed by atoms with van der Waals surface area (Å²) in [6, 6.07) is 3.86. The Bertz CT molecular complexity index is 1330. The standard InChI is InChI=1S/C22H25F2N7O3/c1-21(34)6-5-15(21)28-19(32)13-11-26-31-17(25-2)8-16(29-18(13)31)27-14-4-3-7-30(20(14)33)12-9-22(23,24)10-12/h3-4,7-8,11-12,15,25,34H,5-6,9-10H2,1-2H3,(H,27,29)(H,28,32)/t15?,21-/m1/s1. The largest absolute Gasteiger partial charge is 0.388 e. The maximum Gasteiger partial charge on any atom is 0.274 e. The Kier molecular flexibility index (Phi) is 5.08. The van der Waals surface area contributed by atoms with Crippen molar-refractivity contribution in [3.8, 4) is 0 Å². The Hall–Kier alpha value is -3.54. The maximum atomic E-state index is 13.3. The molecule has 1 unspecified atom stereocenters. The van der Waals surface area contributed by atoms with Crippen molar-refractivity contribution in [2.75, 3.05) is 17.7 Å². The Morgan fingerprint density at radius 3 is 2.71 bits per heavy atom. The molecule has 0 spiro atoms. The Morgan fingerprint density at radius 2 is 2.09 bits per heavy atom. The van der Waals surface area contributed by atoms with Crippen molar-refractivity contribution < 1.29 is 18.7 Å². The number of nitrogens with one attached hydrogen (secondary N) is 3. The van der Waals surface area contributed by atoms with Gasteiger partial charge in [0.1, 0.15) is 22.9 Å². The van der Waals surface area contributed by atoms with E-state index < -0.39 is 29.0 Å². The van der Waals surface area contributed by atoms with E-state index in [1.807, 2.05) is 0 Å². The van der Waals surface area contributed by atoms with E-state index in [0.29, 0.717) is 18.7 Å². The van der Waals surface area contributed by atoms with E-state index in [1.54, 1.807) is 32.2 Å². The van der Waals surface area contributed by atoms with E-state index in [1.165, 1.54) is 21.5 Å². The Morgan fingerprint density at radius 1 is 1.32 bits per heavy atom. The molecule has 2 fully saturated rings. The number of pyridine rings is 1. The minimum Gasteiger partial charge on any atom is -0.388 e. The molecule has 1 amide bonds. The highest BCUT2D eigenvalue weighted by Gasteiger charge is 2.46. The van der Waals surface area contributed by atoms with Crippen LogP contribution in [0, 0.1) is 0 Å². The molecule has 0 saturated heterocycles. The number of rotatable bonds is 6. The summed E-state index contributed by atoms with van der Waals surface area (Å²) in [5.41, 5.74) is -0.750. The molecule has 10 nitrogen and oxygen atoms in total. The zero-order valence-corrected chi connectivity index (χ0v) is 18.7. The van der Waals surface area contributed by atoms with E-state index in [0.717, 1.165) is 0 Å². The molecule has 2 aliphatic rings. The predicted octanol–water partition coefficient (Wildman–Crippen LogP) is 2.29. The second kappa shape index (κ2) is 7.76. The molecule has 3 heterocycles. The lowest BCUT2D eigenvalue weighted by Gasteiger charge is -2.42. The number of fused-ring (bicyclic) bond motifs is 1. The third-order valence-electron chi connectivity index (χ3n) is 6.67. The van der Waals surface area contributed by atoms with Gasteiger partial charge >= 0.3 is 0 Å². The fraction of sp³-hybridized carbons (Fsp3) is 0.455. The molecule has 12 heteroatoms. The van der Waals surface area contributed by atoms with Gasteiger partial charge in [0.15, 0.2) is 5.65 Å². The molecule has 5 rings (SSSR count). The summed E-state index contributed by atoms with van der Waals surface area (Å²) in [7, 11) is 1.68. The summed E-state index contributed by atoms with van der Waals surface area (Å²) in [4.78, 5) is 30.2. The topological polar surface area (TPSA) is 126 Å². The van der Waals surface area contributed by atoms with Crippen molar-refractivity contribution >= 4 is 28.9 Å². The van der Waals surface area contributed by atoms with Gasteiger partial charge in [0.25, 0.3) is 17.4 Å². The van der Waals surface area contributed by atoms with Gasteiger partial charge in [-0.05, 0) is 31.9 Å². The molecular weight excluding hydrogens is 448 g/mol. The smallest absolute Gasteiger partial charge is 0.274 e. The molecule has 2 saturated carbocycles. The quantitative estimate of drug-likeness (QED) is 0.433. The monoisotopic (exact) mass is 473 g/mol. The third kappa shape index (κ3) is 3.77. The predicted molar refractivity (Wildman–Crippen MR) is 121 cm³/mol. The second-order valence-electron chi connectivity index (χ2n) is 9.17. The van der Waals surface area contributed by atoms with Gasteiger partial charge in [-0.1, -0.05) is 0 Å². The van der Waals surface area contributed by atoms with Gasteiger partial charge in [-0.2, -0.15) is 9.61 Å². The van der Waals surface area contributed by atoms with Gasteiger partial charge in [0.2, 0.25) is 0 Å². The number of hydrogen-bond acceptors (Lipinski definition) is 7. The summed E-state index contributed by atoms with van der Waals surface area (Å²) in [5, 5.41) is 23.2. The van der Waals surface area contributed by atoms with Crippen LogP contribution in [0.2, 0.25) is 0 Å². The molecule has 3 aromatic rings. The number of aliphatic hydroxyl groups is 1. The van der Waals surface area contributed by atoms with Crippen LogP contribution in [0.1, 0.15) is 49.0 Å². The van der Waals surface area contributed by atoms with Crippen molar-refractivity contribution in [1.29, 1.82) is 0 Å². The van der Waals surface area contributed by atoms with Gasteiger partial charge in [-0.15, -0.1) is 0 Å². The maximum absolute atomic E-state index is 13.3. The summed E-state index contributed by atoms with van der Waals surface area (Å²) in [6.45, 7) is 1.67. The zero-order chi connectivity index (χ0) is 24.3. The summed E-state index contributed by atoms with van der Waals surface area (Å²) in [6.07, 6.45) is 3.43. The van der Waals surface area contributed by atoms with E-state index >= 15 is 0 Å². The Labute approximate surface area is 193 Å². The van der Waals surface area contributed by atoms with Crippen molar-refractivity contribution in [3.63, 3.8) is 0 Å². The van der Waals surface area contributed by atoms with Crippen molar-refractivity contribution in [3.05, 3.63) is 46.5 Å². The number of amides is 1. The molecule has 3 aromatic heterocycles. The average molecular weight is 473 g/mol. The fourth-order valence-corrected chi connectivity index (χ4v) is 4.39. The van der Waals surface area contributed by atoms with Crippen LogP contribution in [0.15, 0.2) is 35.4 Å². The van der Waals surface area contributed by atoms with E-state index in [-0.39, 0.29) is 41.6 Å². The van der Waals surface area contributed by atoms with Gasteiger partial charge in [0, 0.05) is 38.2 Å². The van der Waals surface area contributed by atoms with Crippen molar-refractivity contribution in [1.82, 2.24) is 24.5 Å². The number of alkyl halides is 2. The number of aromatic nitrogens is 4. The van der Waals surface area contributed by atoms with Gasteiger partial charge in [0.05, 0.1) is 17.8 Å². The van der Waals surface area contributed by atoms with Gasteiger partial charge < -0.3 is 25.6 Å². The summed E-state index contributed by atoms with van der Waals surface area (Å²) >= 11 is 0. The molecule has 0 radical (unpaired) electrons. The SMILES string of the molecule is CNc1cc(Nc2cccn(C3CC(F)(F)C3)c2=O)nc2c(C(=O)NC3CC[C@@]3(C)O)cnn12. The number of halogens is 2. The first kappa shape index (κ1) is 22.3. The fourth-order valence-electron chi connectivity index (χ4n) is 4.39. The Balaban J connectivity index is 1.45. The first-order valence-corrected chi connectivity index (χ1v) is 11.0. The molecular formula is C22H25F2N7O3. The van der Waals surface area contributed by atoms with Crippen LogP contribution < -0.4 is 21.5 Å². The first-order chi connectivity index (χ1) is 16.1. The van der Waals surface area contributed by atoms with Crippen LogP contribution >= 0.6 is 0 Å².